The molecule has 0 atom stereocenters. The van der Waals surface area contributed by atoms with Gasteiger partial charge in [0.1, 0.15) is 4.90 Å². The number of nitrogens with zero attached hydrogens (tertiary/aromatic N) is 1. The Morgan fingerprint density at radius 2 is 1.90 bits per heavy atom. The van der Waals surface area contributed by atoms with E-state index in [2.05, 4.69) is 10.1 Å². The third-order valence-electron chi connectivity index (χ3n) is 2.85. The van der Waals surface area contributed by atoms with Crippen LogP contribution in [-0.2, 0) is 16.6 Å². The van der Waals surface area contributed by atoms with Crippen LogP contribution in [0.15, 0.2) is 17.0 Å². The molecule has 1 fully saturated rings. The van der Waals surface area contributed by atoms with Crippen molar-refractivity contribution in [3.8, 4) is 0 Å². The van der Waals surface area contributed by atoms with Crippen molar-refractivity contribution in [1.82, 2.24) is 15.2 Å². The molecule has 5 nitrogen and oxygen atoms in total. The summed E-state index contributed by atoms with van der Waals surface area (Å²) in [7, 11) is -0.506. The first-order chi connectivity index (χ1) is 9.29. The highest BCUT2D eigenvalue weighted by molar-refractivity contribution is 7.89. The molecular weight excluding hydrogens is 321 g/mol. The zero-order valence-corrected chi connectivity index (χ0v) is 13.6. The fraction of sp³-hybridized carbons (Fsp3) is 0.500. The van der Waals surface area contributed by atoms with Crippen LogP contribution in [0.25, 0.3) is 0 Å². The summed E-state index contributed by atoms with van der Waals surface area (Å²) >= 11 is 12.1. The lowest BCUT2D eigenvalue weighted by atomic mass is 10.2. The van der Waals surface area contributed by atoms with Crippen LogP contribution in [0, 0.1) is 0 Å². The third-order valence-corrected chi connectivity index (χ3v) is 5.15. The van der Waals surface area contributed by atoms with E-state index in [1.165, 1.54) is 17.1 Å². The summed E-state index contributed by atoms with van der Waals surface area (Å²) in [5, 5.41) is 5.22. The average molecular weight is 338 g/mol. The molecule has 1 aromatic rings. The molecule has 8 heteroatoms. The van der Waals surface area contributed by atoms with Gasteiger partial charge in [0, 0.05) is 31.7 Å². The number of hydrogen-bond donors (Lipinski definition) is 2. The smallest absolute Gasteiger partial charge is 0.254 e. The first-order valence-electron chi connectivity index (χ1n) is 6.20. The summed E-state index contributed by atoms with van der Waals surface area (Å²) in [5.41, 5.74) is 0.724. The maximum absolute atomic E-state index is 12.2. The van der Waals surface area contributed by atoms with Gasteiger partial charge in [0.25, 0.3) is 10.0 Å². The zero-order valence-electron chi connectivity index (χ0n) is 11.3. The van der Waals surface area contributed by atoms with Crippen molar-refractivity contribution in [2.24, 2.45) is 0 Å². The summed E-state index contributed by atoms with van der Waals surface area (Å²) in [6.45, 7) is 0.533. The number of nitrogens with one attached hydrogen (secondary N) is 2. The topological polar surface area (TPSA) is 61.4 Å². The molecule has 2 rings (SSSR count). The highest BCUT2D eigenvalue weighted by atomic mass is 35.5. The van der Waals surface area contributed by atoms with Crippen LogP contribution in [0.3, 0.4) is 0 Å². The molecule has 0 bridgehead atoms. The quantitative estimate of drug-likeness (QED) is 0.779. The second kappa shape index (κ2) is 6.17. The standard InChI is InChI=1S/C12H17Cl2N3O2S/c1-17(2)16-20(18,19)12-5-8(7-15-9-3-4-9)10(13)6-11(12)14/h5-6,9,15-16H,3-4,7H2,1-2H3. The second-order valence-electron chi connectivity index (χ2n) is 5.02. The molecule has 0 radical (unpaired) electrons. The molecule has 20 heavy (non-hydrogen) atoms. The van der Waals surface area contributed by atoms with Gasteiger partial charge in [-0.25, -0.2) is 13.4 Å². The number of hydrazine groups is 1. The number of hydrogen-bond acceptors (Lipinski definition) is 4. The monoisotopic (exact) mass is 337 g/mol. The van der Waals surface area contributed by atoms with Crippen molar-refractivity contribution >= 4 is 33.2 Å². The van der Waals surface area contributed by atoms with Crippen LogP contribution < -0.4 is 10.1 Å². The largest absolute Gasteiger partial charge is 0.310 e. The number of rotatable bonds is 6. The van der Waals surface area contributed by atoms with E-state index in [0.29, 0.717) is 17.6 Å². The van der Waals surface area contributed by atoms with Crippen molar-refractivity contribution in [1.29, 1.82) is 0 Å². The van der Waals surface area contributed by atoms with Gasteiger partial charge in [-0.1, -0.05) is 23.2 Å². The van der Waals surface area contributed by atoms with Gasteiger partial charge in [-0.3, -0.25) is 0 Å². The molecule has 0 spiro atoms. The Morgan fingerprint density at radius 3 is 2.45 bits per heavy atom. The van der Waals surface area contributed by atoms with Gasteiger partial charge in [0.2, 0.25) is 0 Å². The Balaban J connectivity index is 2.29. The maximum atomic E-state index is 12.2. The normalized spacial score (nSPS) is 15.8. The Labute approximate surface area is 129 Å². The Bertz CT molecular complexity index is 601. The molecule has 112 valence electrons. The highest BCUT2D eigenvalue weighted by Gasteiger charge is 2.23. The maximum Gasteiger partial charge on any atom is 0.254 e. The van der Waals surface area contributed by atoms with E-state index in [9.17, 15) is 8.42 Å². The molecule has 0 aromatic heterocycles. The van der Waals surface area contributed by atoms with Crippen molar-refractivity contribution in [2.45, 2.75) is 30.3 Å². The predicted molar refractivity (Wildman–Crippen MR) is 80.3 cm³/mol. The van der Waals surface area contributed by atoms with Crippen molar-refractivity contribution in [2.75, 3.05) is 14.1 Å². The first kappa shape index (κ1) is 16.0. The van der Waals surface area contributed by atoms with Crippen LogP contribution in [-0.4, -0.2) is 33.6 Å². The van der Waals surface area contributed by atoms with E-state index in [1.54, 1.807) is 14.1 Å². The molecular formula is C12H17Cl2N3O2S. The van der Waals surface area contributed by atoms with Crippen molar-refractivity contribution < 1.29 is 8.42 Å². The van der Waals surface area contributed by atoms with E-state index in [-0.39, 0.29) is 9.92 Å². The van der Waals surface area contributed by atoms with E-state index < -0.39 is 10.0 Å². The van der Waals surface area contributed by atoms with E-state index in [1.807, 2.05) is 0 Å². The minimum absolute atomic E-state index is 0.0323. The molecule has 0 amide bonds. The van der Waals surface area contributed by atoms with Crippen LogP contribution in [0.1, 0.15) is 18.4 Å². The summed E-state index contributed by atoms with van der Waals surface area (Å²) in [4.78, 5) is 2.39. The van der Waals surface area contributed by atoms with Crippen molar-refractivity contribution in [3.05, 3.63) is 27.7 Å². The second-order valence-corrected chi connectivity index (χ2v) is 7.46. The Hall–Kier alpha value is -0.370. The highest BCUT2D eigenvalue weighted by Crippen LogP contribution is 2.29. The van der Waals surface area contributed by atoms with Crippen LogP contribution in [0.5, 0.6) is 0 Å². The lowest BCUT2D eigenvalue weighted by molar-refractivity contribution is 0.364. The summed E-state index contributed by atoms with van der Waals surface area (Å²) in [6.07, 6.45) is 2.30. The van der Waals surface area contributed by atoms with Gasteiger partial charge in [-0.05, 0) is 30.5 Å². The fourth-order valence-electron chi connectivity index (χ4n) is 1.74. The van der Waals surface area contributed by atoms with Crippen LogP contribution in [0.2, 0.25) is 10.0 Å². The molecule has 1 aliphatic rings. The minimum atomic E-state index is -3.69. The van der Waals surface area contributed by atoms with Gasteiger partial charge in [0.15, 0.2) is 0 Å². The van der Waals surface area contributed by atoms with Crippen LogP contribution in [0.4, 0.5) is 0 Å². The van der Waals surface area contributed by atoms with E-state index in [4.69, 9.17) is 23.2 Å². The average Bonchev–Trinajstić information content (AvgIpc) is 3.09. The molecule has 0 unspecified atom stereocenters. The van der Waals surface area contributed by atoms with Gasteiger partial charge in [0.05, 0.1) is 5.02 Å². The number of sulfonamides is 1. The lowest BCUT2D eigenvalue weighted by Crippen LogP contribution is -2.36. The zero-order chi connectivity index (χ0) is 14.9. The Kier molecular flexibility index (Phi) is 4.94. The minimum Gasteiger partial charge on any atom is -0.310 e. The molecule has 0 heterocycles. The first-order valence-corrected chi connectivity index (χ1v) is 8.44. The molecule has 0 aliphatic heterocycles. The molecule has 1 aliphatic carbocycles. The fourth-order valence-corrected chi connectivity index (χ4v) is 3.69. The van der Waals surface area contributed by atoms with Crippen molar-refractivity contribution in [3.63, 3.8) is 0 Å². The third kappa shape index (κ3) is 4.07. The molecule has 1 aromatic carbocycles. The summed E-state index contributed by atoms with van der Waals surface area (Å²) in [5.74, 6) is 0. The summed E-state index contributed by atoms with van der Waals surface area (Å²) in [6, 6.07) is 3.50. The number of benzene rings is 1. The SMILES string of the molecule is CN(C)NS(=O)(=O)c1cc(CNC2CC2)c(Cl)cc1Cl. The van der Waals surface area contributed by atoms with Gasteiger partial charge in [-0.15, -0.1) is 4.83 Å². The molecule has 2 N–H and O–H groups in total. The van der Waals surface area contributed by atoms with E-state index >= 15 is 0 Å². The molecule has 1 saturated carbocycles. The number of halogens is 2. The Morgan fingerprint density at radius 1 is 1.25 bits per heavy atom. The predicted octanol–water partition coefficient (Wildman–Crippen LogP) is 2.00. The van der Waals surface area contributed by atoms with Crippen LogP contribution >= 0.6 is 23.2 Å². The lowest BCUT2D eigenvalue weighted by Gasteiger charge is -2.15. The summed E-state index contributed by atoms with van der Waals surface area (Å²) < 4.78 is 24.4. The molecule has 0 saturated heterocycles. The van der Waals surface area contributed by atoms with Gasteiger partial charge in [-0.2, -0.15) is 0 Å². The van der Waals surface area contributed by atoms with E-state index in [0.717, 1.165) is 18.4 Å². The van der Waals surface area contributed by atoms with Gasteiger partial charge < -0.3 is 5.32 Å². The van der Waals surface area contributed by atoms with Gasteiger partial charge >= 0.3 is 0 Å².